The summed E-state index contributed by atoms with van der Waals surface area (Å²) < 4.78 is 10.5. The van der Waals surface area contributed by atoms with Crippen molar-refractivity contribution in [3.8, 4) is 0 Å². The molecule has 1 saturated carbocycles. The molecule has 4 fully saturated rings. The standard InChI is InChI=1S/C22H37N5O3/c1-3-29-21(28)26-12-8-22(15-26)13-18(14-22)25-10-6-17(7-11-25)19-5-4-9-27(19)20(24)30-16(2)23/h17-19,23-24H,3-15H2,1-2H3. The number of carbonyl (C=O) groups is 1. The van der Waals surface area contributed by atoms with Crippen LogP contribution in [0.2, 0.25) is 0 Å². The van der Waals surface area contributed by atoms with Gasteiger partial charge in [-0.25, -0.2) is 4.79 Å². The summed E-state index contributed by atoms with van der Waals surface area (Å²) in [5, 5.41) is 15.7. The Morgan fingerprint density at radius 3 is 2.50 bits per heavy atom. The first-order valence-electron chi connectivity index (χ1n) is 11.6. The first-order valence-corrected chi connectivity index (χ1v) is 11.6. The molecule has 30 heavy (non-hydrogen) atoms. The Kier molecular flexibility index (Phi) is 6.23. The molecule has 1 atom stereocenters. The fraction of sp³-hybridized carbons (Fsp3) is 0.864. The van der Waals surface area contributed by atoms with E-state index in [9.17, 15) is 4.79 Å². The average molecular weight is 420 g/mol. The molecule has 4 rings (SSSR count). The number of hydrogen-bond donors (Lipinski definition) is 2. The highest BCUT2D eigenvalue weighted by Gasteiger charge is 2.51. The number of rotatable bonds is 3. The zero-order chi connectivity index (χ0) is 21.3. The Labute approximate surface area is 179 Å². The van der Waals surface area contributed by atoms with Crippen molar-refractivity contribution in [3.05, 3.63) is 0 Å². The molecule has 1 aliphatic carbocycles. The predicted octanol–water partition coefficient (Wildman–Crippen LogP) is 3.12. The molecule has 2 N–H and O–H groups in total. The van der Waals surface area contributed by atoms with E-state index in [1.807, 2.05) is 11.8 Å². The quantitative estimate of drug-likeness (QED) is 0.542. The topological polar surface area (TPSA) is 93.0 Å². The van der Waals surface area contributed by atoms with E-state index in [-0.39, 0.29) is 18.0 Å². The lowest BCUT2D eigenvalue weighted by Crippen LogP contribution is -2.55. The molecule has 1 spiro atoms. The van der Waals surface area contributed by atoms with Crippen LogP contribution in [-0.4, -0.2) is 84.1 Å². The minimum atomic E-state index is -0.146. The molecule has 1 unspecified atom stereocenters. The number of nitrogens with one attached hydrogen (secondary N) is 2. The van der Waals surface area contributed by atoms with Crippen molar-refractivity contribution in [1.29, 1.82) is 10.8 Å². The van der Waals surface area contributed by atoms with Crippen molar-refractivity contribution >= 4 is 18.0 Å². The first-order chi connectivity index (χ1) is 14.4. The van der Waals surface area contributed by atoms with Crippen molar-refractivity contribution in [2.75, 3.05) is 39.3 Å². The summed E-state index contributed by atoms with van der Waals surface area (Å²) in [5.74, 6) is 0.700. The molecule has 8 nitrogen and oxygen atoms in total. The molecule has 3 saturated heterocycles. The second-order valence-electron chi connectivity index (χ2n) is 9.67. The lowest BCUT2D eigenvalue weighted by molar-refractivity contribution is -0.0141. The summed E-state index contributed by atoms with van der Waals surface area (Å²) in [6.45, 7) is 8.75. The predicted molar refractivity (Wildman–Crippen MR) is 115 cm³/mol. The van der Waals surface area contributed by atoms with Gasteiger partial charge < -0.3 is 24.2 Å². The van der Waals surface area contributed by atoms with Crippen LogP contribution in [-0.2, 0) is 9.47 Å². The summed E-state index contributed by atoms with van der Waals surface area (Å²) in [5.41, 5.74) is 0.327. The summed E-state index contributed by atoms with van der Waals surface area (Å²) in [6, 6.07) is 1.20. The van der Waals surface area contributed by atoms with E-state index in [4.69, 9.17) is 20.3 Å². The van der Waals surface area contributed by atoms with Crippen molar-refractivity contribution in [2.45, 2.75) is 70.9 Å². The molecule has 3 heterocycles. The van der Waals surface area contributed by atoms with Gasteiger partial charge in [-0.05, 0) is 76.3 Å². The second kappa shape index (κ2) is 8.73. The van der Waals surface area contributed by atoms with Gasteiger partial charge in [0.15, 0.2) is 5.90 Å². The molecule has 0 radical (unpaired) electrons. The SMILES string of the molecule is CCOC(=O)N1CCC2(CC(N3CCC(C4CCCN4C(=N)OC(C)=N)CC3)C2)C1. The molecule has 3 aliphatic heterocycles. The van der Waals surface area contributed by atoms with Gasteiger partial charge in [0.2, 0.25) is 0 Å². The van der Waals surface area contributed by atoms with Crippen LogP contribution in [0.25, 0.3) is 0 Å². The molecule has 0 aromatic carbocycles. The minimum absolute atomic E-state index is 0.0906. The van der Waals surface area contributed by atoms with E-state index in [0.29, 0.717) is 30.0 Å². The van der Waals surface area contributed by atoms with Crippen LogP contribution < -0.4 is 0 Å². The number of amidine groups is 1. The van der Waals surface area contributed by atoms with E-state index < -0.39 is 0 Å². The summed E-state index contributed by atoms with van der Waals surface area (Å²) in [7, 11) is 0. The van der Waals surface area contributed by atoms with Crippen molar-refractivity contribution in [1.82, 2.24) is 14.7 Å². The van der Waals surface area contributed by atoms with Crippen molar-refractivity contribution in [2.24, 2.45) is 11.3 Å². The normalized spacial score (nSPS) is 32.3. The average Bonchev–Trinajstić information content (AvgIpc) is 3.34. The Hall–Kier alpha value is -1.83. The third-order valence-electron chi connectivity index (χ3n) is 7.75. The Balaban J connectivity index is 1.23. The summed E-state index contributed by atoms with van der Waals surface area (Å²) in [4.78, 5) is 18.6. The molecule has 8 heteroatoms. The highest BCUT2D eigenvalue weighted by molar-refractivity contribution is 5.86. The first kappa shape index (κ1) is 21.4. The largest absolute Gasteiger partial charge is 0.450 e. The lowest BCUT2D eigenvalue weighted by atomic mass is 9.64. The lowest BCUT2D eigenvalue weighted by Gasteiger charge is -2.52. The van der Waals surface area contributed by atoms with E-state index >= 15 is 0 Å². The molecule has 0 aromatic heterocycles. The van der Waals surface area contributed by atoms with Gasteiger partial charge in [0, 0.05) is 38.6 Å². The highest BCUT2D eigenvalue weighted by Crippen LogP contribution is 2.51. The maximum absolute atomic E-state index is 12.0. The van der Waals surface area contributed by atoms with Crippen LogP contribution in [0.3, 0.4) is 0 Å². The number of amides is 1. The van der Waals surface area contributed by atoms with Crippen molar-refractivity contribution < 1.29 is 14.3 Å². The van der Waals surface area contributed by atoms with E-state index in [2.05, 4.69) is 9.80 Å². The van der Waals surface area contributed by atoms with Crippen molar-refractivity contribution in [3.63, 3.8) is 0 Å². The molecule has 168 valence electrons. The monoisotopic (exact) mass is 419 g/mol. The van der Waals surface area contributed by atoms with Crippen LogP contribution in [0, 0.1) is 22.2 Å². The fourth-order valence-electron chi connectivity index (χ4n) is 6.24. The Bertz CT molecular complexity index is 670. The smallest absolute Gasteiger partial charge is 0.409 e. The van der Waals surface area contributed by atoms with Crippen LogP contribution >= 0.6 is 0 Å². The van der Waals surface area contributed by atoms with E-state index in [0.717, 1.165) is 52.0 Å². The molecule has 0 bridgehead atoms. The second-order valence-corrected chi connectivity index (χ2v) is 9.67. The Morgan fingerprint density at radius 2 is 1.83 bits per heavy atom. The maximum atomic E-state index is 12.0. The van der Waals surface area contributed by atoms with Gasteiger partial charge in [-0.2, -0.15) is 0 Å². The molecule has 4 aliphatic rings. The van der Waals surface area contributed by atoms with Gasteiger partial charge in [0.25, 0.3) is 6.02 Å². The number of ether oxygens (including phenoxy) is 2. The van der Waals surface area contributed by atoms with E-state index in [1.54, 1.807) is 6.92 Å². The number of carbonyl (C=O) groups excluding carboxylic acids is 1. The van der Waals surface area contributed by atoms with Gasteiger partial charge in [-0.1, -0.05) is 0 Å². The third kappa shape index (κ3) is 4.29. The van der Waals surface area contributed by atoms with Gasteiger partial charge in [-0.15, -0.1) is 0 Å². The zero-order valence-corrected chi connectivity index (χ0v) is 18.5. The summed E-state index contributed by atoms with van der Waals surface area (Å²) >= 11 is 0. The Morgan fingerprint density at radius 1 is 1.10 bits per heavy atom. The third-order valence-corrected chi connectivity index (χ3v) is 7.75. The fourth-order valence-corrected chi connectivity index (χ4v) is 6.24. The van der Waals surface area contributed by atoms with Gasteiger partial charge in [0.05, 0.1) is 6.61 Å². The highest BCUT2D eigenvalue weighted by atomic mass is 16.6. The van der Waals surface area contributed by atoms with Crippen LogP contribution in [0.1, 0.15) is 58.8 Å². The molecular formula is C22H37N5O3. The van der Waals surface area contributed by atoms with Crippen LogP contribution in [0.4, 0.5) is 4.79 Å². The van der Waals surface area contributed by atoms with Gasteiger partial charge in [-0.3, -0.25) is 10.8 Å². The van der Waals surface area contributed by atoms with Crippen LogP contribution in [0.15, 0.2) is 0 Å². The minimum Gasteiger partial charge on any atom is -0.450 e. The zero-order valence-electron chi connectivity index (χ0n) is 18.5. The van der Waals surface area contributed by atoms with Crippen LogP contribution in [0.5, 0.6) is 0 Å². The molecule has 1 amide bonds. The van der Waals surface area contributed by atoms with E-state index in [1.165, 1.54) is 25.7 Å². The molecule has 0 aromatic rings. The summed E-state index contributed by atoms with van der Waals surface area (Å²) in [6.07, 6.45) is 7.98. The number of piperidine rings is 1. The van der Waals surface area contributed by atoms with Gasteiger partial charge >= 0.3 is 6.09 Å². The molecular weight excluding hydrogens is 382 g/mol. The number of likely N-dealkylation sites (tertiary alicyclic amines) is 3. The van der Waals surface area contributed by atoms with Gasteiger partial charge in [0.1, 0.15) is 0 Å². The maximum Gasteiger partial charge on any atom is 0.409 e. The number of hydrogen-bond acceptors (Lipinski definition) is 6. The number of nitrogens with zero attached hydrogens (tertiary/aromatic N) is 3.